The molecule has 17 heavy (non-hydrogen) atoms. The van der Waals surface area contributed by atoms with Crippen LogP contribution in [0.4, 0.5) is 0 Å². The molecule has 0 aliphatic carbocycles. The molecule has 1 aliphatic heterocycles. The van der Waals surface area contributed by atoms with Crippen LogP contribution in [0.2, 0.25) is 0 Å². The largest absolute Gasteiger partial charge is 0.480 e. The number of rotatable bonds is 5. The first-order chi connectivity index (χ1) is 8.35. The van der Waals surface area contributed by atoms with Gasteiger partial charge >= 0.3 is 0 Å². The second-order valence-electron chi connectivity index (χ2n) is 3.59. The highest BCUT2D eigenvalue weighted by atomic mass is 16.7. The lowest BCUT2D eigenvalue weighted by atomic mass is 10.1. The van der Waals surface area contributed by atoms with Crippen molar-refractivity contribution < 1.29 is 14.2 Å². The summed E-state index contributed by atoms with van der Waals surface area (Å²) in [7, 11) is 0. The van der Waals surface area contributed by atoms with Crippen molar-refractivity contribution in [1.82, 2.24) is 5.32 Å². The molecule has 1 heterocycles. The van der Waals surface area contributed by atoms with Crippen molar-refractivity contribution in [2.45, 2.75) is 13.5 Å². The molecule has 0 unspecified atom stereocenters. The molecular weight excluding hydrogens is 218 g/mol. The minimum atomic E-state index is 0.249. The second kappa shape index (κ2) is 5.46. The molecule has 1 N–H and O–H groups in total. The molecular formula is C13H15NO3. The average molecular weight is 233 g/mol. The summed E-state index contributed by atoms with van der Waals surface area (Å²) >= 11 is 0. The normalized spacial score (nSPS) is 12.2. The van der Waals surface area contributed by atoms with Crippen molar-refractivity contribution in [2.75, 3.05) is 19.9 Å². The molecule has 0 saturated carbocycles. The number of fused-ring (bicyclic) bond motifs is 1. The first-order valence-corrected chi connectivity index (χ1v) is 5.54. The van der Waals surface area contributed by atoms with Gasteiger partial charge in [-0.25, -0.2) is 0 Å². The summed E-state index contributed by atoms with van der Waals surface area (Å²) in [5.74, 6) is 4.66. The van der Waals surface area contributed by atoms with Crippen molar-refractivity contribution in [3.63, 3.8) is 0 Å². The third-order valence-electron chi connectivity index (χ3n) is 2.43. The summed E-state index contributed by atoms with van der Waals surface area (Å²) in [4.78, 5) is 0. The van der Waals surface area contributed by atoms with E-state index in [2.05, 4.69) is 18.2 Å². The van der Waals surface area contributed by atoms with Crippen molar-refractivity contribution in [3.8, 4) is 29.6 Å². The minimum Gasteiger partial charge on any atom is -0.480 e. The molecule has 0 atom stereocenters. The topological polar surface area (TPSA) is 39.7 Å². The monoisotopic (exact) mass is 233 g/mol. The van der Waals surface area contributed by atoms with E-state index >= 15 is 0 Å². The average Bonchev–Trinajstić information content (AvgIpc) is 2.80. The number of hydrogen-bond acceptors (Lipinski definition) is 4. The predicted octanol–water partition coefficient (Wildman–Crippen LogP) is 1.54. The van der Waals surface area contributed by atoms with E-state index in [0.29, 0.717) is 12.3 Å². The van der Waals surface area contributed by atoms with Gasteiger partial charge in [-0.1, -0.05) is 12.8 Å². The van der Waals surface area contributed by atoms with Crippen molar-refractivity contribution >= 4 is 0 Å². The molecule has 2 rings (SSSR count). The van der Waals surface area contributed by atoms with E-state index in [4.69, 9.17) is 20.6 Å². The molecule has 90 valence electrons. The van der Waals surface area contributed by atoms with Gasteiger partial charge < -0.3 is 19.5 Å². The van der Waals surface area contributed by atoms with Crippen LogP contribution in [-0.2, 0) is 6.54 Å². The Hall–Kier alpha value is -1.86. The third kappa shape index (κ3) is 2.63. The Bertz CT molecular complexity index is 437. The molecule has 0 radical (unpaired) electrons. The van der Waals surface area contributed by atoms with Gasteiger partial charge in [-0.05, 0) is 12.6 Å². The molecule has 4 heteroatoms. The molecule has 0 aromatic heterocycles. The van der Waals surface area contributed by atoms with Gasteiger partial charge in [0.05, 0.1) is 0 Å². The molecule has 4 nitrogen and oxygen atoms in total. The van der Waals surface area contributed by atoms with Crippen molar-refractivity contribution in [1.29, 1.82) is 0 Å². The summed E-state index contributed by atoms with van der Waals surface area (Å²) in [6.07, 6.45) is 5.19. The van der Waals surface area contributed by atoms with Gasteiger partial charge in [0.1, 0.15) is 12.4 Å². The predicted molar refractivity (Wildman–Crippen MR) is 64.3 cm³/mol. The van der Waals surface area contributed by atoms with Crippen LogP contribution in [-0.4, -0.2) is 19.9 Å². The zero-order valence-corrected chi connectivity index (χ0v) is 9.79. The maximum absolute atomic E-state index is 5.50. The Morgan fingerprint density at radius 1 is 1.41 bits per heavy atom. The maximum atomic E-state index is 5.50. The zero-order chi connectivity index (χ0) is 12.1. The van der Waals surface area contributed by atoms with E-state index in [9.17, 15) is 0 Å². The summed E-state index contributed by atoms with van der Waals surface area (Å²) < 4.78 is 16.1. The highest BCUT2D eigenvalue weighted by Crippen LogP contribution is 2.38. The van der Waals surface area contributed by atoms with E-state index in [1.807, 2.05) is 12.1 Å². The standard InChI is InChI=1S/C13H15NO3/c1-3-5-15-11-7-13-12(16-9-17-13)6-10(11)8-14-4-2/h1,6-7,14H,4-5,8-9H2,2H3. The van der Waals surface area contributed by atoms with Crippen molar-refractivity contribution in [3.05, 3.63) is 17.7 Å². The summed E-state index contributed by atoms with van der Waals surface area (Å²) in [6, 6.07) is 3.75. The Balaban J connectivity index is 2.23. The molecule has 0 fully saturated rings. The van der Waals surface area contributed by atoms with Crippen LogP contribution < -0.4 is 19.5 Å². The van der Waals surface area contributed by atoms with Crippen LogP contribution in [0.25, 0.3) is 0 Å². The highest BCUT2D eigenvalue weighted by Gasteiger charge is 2.17. The van der Waals surface area contributed by atoms with Gasteiger partial charge in [-0.2, -0.15) is 0 Å². The minimum absolute atomic E-state index is 0.249. The number of nitrogens with one attached hydrogen (secondary N) is 1. The molecule has 0 saturated heterocycles. The zero-order valence-electron chi connectivity index (χ0n) is 9.79. The first-order valence-electron chi connectivity index (χ1n) is 5.54. The van der Waals surface area contributed by atoms with Gasteiger partial charge in [-0.3, -0.25) is 0 Å². The Kier molecular flexibility index (Phi) is 3.73. The summed E-state index contributed by atoms with van der Waals surface area (Å²) in [6.45, 7) is 4.17. The molecule has 1 aromatic carbocycles. The highest BCUT2D eigenvalue weighted by molar-refractivity contribution is 5.51. The fourth-order valence-corrected chi connectivity index (χ4v) is 1.62. The lowest BCUT2D eigenvalue weighted by Gasteiger charge is -2.11. The van der Waals surface area contributed by atoms with Gasteiger partial charge in [0, 0.05) is 18.2 Å². The third-order valence-corrected chi connectivity index (χ3v) is 2.43. The van der Waals surface area contributed by atoms with Crippen LogP contribution in [0.15, 0.2) is 12.1 Å². The van der Waals surface area contributed by atoms with Crippen LogP contribution in [0, 0.1) is 12.3 Å². The van der Waals surface area contributed by atoms with Gasteiger partial charge in [-0.15, -0.1) is 6.42 Å². The van der Waals surface area contributed by atoms with E-state index in [1.54, 1.807) is 0 Å². The molecule has 0 amide bonds. The lowest BCUT2D eigenvalue weighted by Crippen LogP contribution is -2.13. The summed E-state index contributed by atoms with van der Waals surface area (Å²) in [5, 5.41) is 3.24. The fourth-order valence-electron chi connectivity index (χ4n) is 1.62. The van der Waals surface area contributed by atoms with Crippen LogP contribution >= 0.6 is 0 Å². The van der Waals surface area contributed by atoms with E-state index < -0.39 is 0 Å². The number of benzene rings is 1. The van der Waals surface area contributed by atoms with Crippen LogP contribution in [0.1, 0.15) is 12.5 Å². The Morgan fingerprint density at radius 3 is 2.88 bits per heavy atom. The van der Waals surface area contributed by atoms with E-state index in [1.165, 1.54) is 0 Å². The maximum Gasteiger partial charge on any atom is 0.231 e. The molecule has 1 aliphatic rings. The van der Waals surface area contributed by atoms with Gasteiger partial charge in [0.2, 0.25) is 6.79 Å². The molecule has 1 aromatic rings. The Morgan fingerprint density at radius 2 is 2.18 bits per heavy atom. The smallest absolute Gasteiger partial charge is 0.231 e. The quantitative estimate of drug-likeness (QED) is 0.783. The molecule has 0 bridgehead atoms. The van der Waals surface area contributed by atoms with Crippen LogP contribution in [0.5, 0.6) is 17.2 Å². The Labute approximate surface area is 101 Å². The van der Waals surface area contributed by atoms with E-state index in [0.717, 1.165) is 23.6 Å². The molecule has 0 spiro atoms. The number of hydrogen-bond donors (Lipinski definition) is 1. The number of ether oxygens (including phenoxy) is 3. The van der Waals surface area contributed by atoms with Gasteiger partial charge in [0.25, 0.3) is 0 Å². The van der Waals surface area contributed by atoms with Crippen LogP contribution in [0.3, 0.4) is 0 Å². The summed E-state index contributed by atoms with van der Waals surface area (Å²) in [5.41, 5.74) is 1.02. The second-order valence-corrected chi connectivity index (χ2v) is 3.59. The van der Waals surface area contributed by atoms with E-state index in [-0.39, 0.29) is 13.4 Å². The first kappa shape index (κ1) is 11.6. The lowest BCUT2D eigenvalue weighted by molar-refractivity contribution is 0.174. The van der Waals surface area contributed by atoms with Gasteiger partial charge in [0.15, 0.2) is 11.5 Å². The SMILES string of the molecule is C#CCOc1cc2c(cc1CNCC)OCO2. The fraction of sp³-hybridized carbons (Fsp3) is 0.385. The van der Waals surface area contributed by atoms with Crippen molar-refractivity contribution in [2.24, 2.45) is 0 Å². The number of terminal acetylenes is 1.